The molecule has 0 bridgehead atoms. The van der Waals surface area contributed by atoms with Gasteiger partial charge in [0.25, 0.3) is 0 Å². The van der Waals surface area contributed by atoms with Gasteiger partial charge in [0.15, 0.2) is 0 Å². The molecule has 0 saturated carbocycles. The van der Waals surface area contributed by atoms with Crippen LogP contribution in [0.1, 0.15) is 0 Å². The molecule has 0 spiro atoms. The van der Waals surface area contributed by atoms with Gasteiger partial charge in [0.05, 0.1) is 0 Å². The van der Waals surface area contributed by atoms with Crippen LogP contribution < -0.4 is 10.6 Å². The Morgan fingerprint density at radius 3 is 1.29 bits per heavy atom. The zero-order valence-corrected chi connectivity index (χ0v) is 11.3. The summed E-state index contributed by atoms with van der Waals surface area (Å²) < 4.78 is 0. The van der Waals surface area contributed by atoms with E-state index < -0.39 is 0 Å². The van der Waals surface area contributed by atoms with Gasteiger partial charge in [-0.2, -0.15) is 0 Å². The molecular formula is C12H11PSm. The van der Waals surface area contributed by atoms with Gasteiger partial charge in [-0.25, -0.2) is 0 Å². The molecule has 0 saturated heterocycles. The molecule has 0 fully saturated rings. The van der Waals surface area contributed by atoms with Crippen LogP contribution in [0.15, 0.2) is 60.7 Å². The van der Waals surface area contributed by atoms with Crippen molar-refractivity contribution >= 4 is 19.2 Å². The quantitative estimate of drug-likeness (QED) is 0.739. The van der Waals surface area contributed by atoms with Gasteiger partial charge in [0.2, 0.25) is 0 Å². The molecule has 0 N–H and O–H groups in total. The van der Waals surface area contributed by atoms with Crippen molar-refractivity contribution in [1.82, 2.24) is 0 Å². The van der Waals surface area contributed by atoms with Crippen molar-refractivity contribution in [3.8, 4) is 0 Å². The van der Waals surface area contributed by atoms with Crippen molar-refractivity contribution in [2.75, 3.05) is 0 Å². The molecular weight excluding hydrogens is 325 g/mol. The molecule has 2 aromatic carbocycles. The molecule has 0 aliphatic rings. The SMILES string of the molecule is [Sm].c1ccc(Pc2ccccc2)cc1. The zero-order valence-electron chi connectivity index (χ0n) is 7.68. The number of benzene rings is 2. The Morgan fingerprint density at radius 1 is 0.571 bits per heavy atom. The van der Waals surface area contributed by atoms with Gasteiger partial charge >= 0.3 is 0 Å². The summed E-state index contributed by atoms with van der Waals surface area (Å²) in [4.78, 5) is 0. The molecule has 2 rings (SSSR count). The minimum absolute atomic E-state index is 0. The van der Waals surface area contributed by atoms with Crippen molar-refractivity contribution in [2.45, 2.75) is 0 Å². The Balaban J connectivity index is 0.000000980. The summed E-state index contributed by atoms with van der Waals surface area (Å²) in [6.45, 7) is 0. The molecule has 0 nitrogen and oxygen atoms in total. The van der Waals surface area contributed by atoms with E-state index in [1.54, 1.807) is 0 Å². The largest absolute Gasteiger partial charge is 0.0622 e. The Bertz CT molecular complexity index is 321. The van der Waals surface area contributed by atoms with E-state index >= 15 is 0 Å². The summed E-state index contributed by atoms with van der Waals surface area (Å²) in [5.74, 6) is 0. The molecule has 14 heavy (non-hydrogen) atoms. The summed E-state index contributed by atoms with van der Waals surface area (Å²) in [5, 5.41) is 2.79. The van der Waals surface area contributed by atoms with E-state index in [2.05, 4.69) is 60.7 Å². The van der Waals surface area contributed by atoms with Crippen molar-refractivity contribution in [3.63, 3.8) is 0 Å². The van der Waals surface area contributed by atoms with E-state index in [0.29, 0.717) is 0 Å². The second-order valence-corrected chi connectivity index (χ2v) is 4.26. The number of hydrogen-bond acceptors (Lipinski definition) is 0. The fourth-order valence-electron chi connectivity index (χ4n) is 1.21. The minimum Gasteiger partial charge on any atom is -0.0622 e. The first kappa shape index (κ1) is 12.3. The average molecular weight is 337 g/mol. The first-order valence-corrected chi connectivity index (χ1v) is 5.32. The summed E-state index contributed by atoms with van der Waals surface area (Å²) in [5.41, 5.74) is 0. The third-order valence-electron chi connectivity index (χ3n) is 1.84. The smallest absolute Gasteiger partial charge is 0 e. The van der Waals surface area contributed by atoms with Crippen molar-refractivity contribution in [2.24, 2.45) is 0 Å². The fourth-order valence-corrected chi connectivity index (χ4v) is 2.26. The monoisotopic (exact) mass is 338 g/mol. The first-order chi connectivity index (χ1) is 6.45. The van der Waals surface area contributed by atoms with E-state index in [0.717, 1.165) is 8.58 Å². The van der Waals surface area contributed by atoms with Crippen LogP contribution in [0.25, 0.3) is 0 Å². The molecule has 0 aromatic heterocycles. The molecule has 0 atom stereocenters. The molecule has 0 amide bonds. The third-order valence-corrected chi connectivity index (χ3v) is 3.08. The molecule has 70 valence electrons. The van der Waals surface area contributed by atoms with E-state index in [1.165, 1.54) is 10.6 Å². The minimum atomic E-state index is 0. The Morgan fingerprint density at radius 2 is 0.929 bits per heavy atom. The van der Waals surface area contributed by atoms with Crippen LogP contribution in [0, 0.1) is 40.4 Å². The van der Waals surface area contributed by atoms with Gasteiger partial charge in [0.1, 0.15) is 0 Å². The standard InChI is InChI=1S/C12H11P.Sm/c1-3-7-11(8-4-1)13-12-9-5-2-6-10-12;/h1-10,13H;. The molecule has 0 aliphatic carbocycles. The average Bonchev–Trinajstić information content (AvgIpc) is 2.21. The normalized spacial score (nSPS) is 9.14. The van der Waals surface area contributed by atoms with Gasteiger partial charge in [0, 0.05) is 40.4 Å². The van der Waals surface area contributed by atoms with E-state index in [1.807, 2.05) is 0 Å². The van der Waals surface area contributed by atoms with Gasteiger partial charge in [-0.15, -0.1) is 0 Å². The van der Waals surface area contributed by atoms with Crippen LogP contribution in [-0.2, 0) is 0 Å². The van der Waals surface area contributed by atoms with Crippen molar-refractivity contribution < 1.29 is 40.4 Å². The van der Waals surface area contributed by atoms with Crippen LogP contribution in [0.3, 0.4) is 0 Å². The maximum absolute atomic E-state index is 2.17. The second-order valence-electron chi connectivity index (χ2n) is 2.86. The molecule has 0 radical (unpaired) electrons. The summed E-state index contributed by atoms with van der Waals surface area (Å²) in [7, 11) is 0.777. The number of rotatable bonds is 2. The van der Waals surface area contributed by atoms with Crippen LogP contribution in [-0.4, -0.2) is 0 Å². The van der Waals surface area contributed by atoms with Crippen LogP contribution in [0.5, 0.6) is 0 Å². The molecule has 0 heterocycles. The topological polar surface area (TPSA) is 0 Å². The van der Waals surface area contributed by atoms with E-state index in [4.69, 9.17) is 0 Å². The maximum atomic E-state index is 2.17. The van der Waals surface area contributed by atoms with Crippen molar-refractivity contribution in [3.05, 3.63) is 60.7 Å². The summed E-state index contributed by atoms with van der Waals surface area (Å²) in [6.07, 6.45) is 0. The Kier molecular flexibility index (Phi) is 5.83. The van der Waals surface area contributed by atoms with Crippen LogP contribution in [0.4, 0.5) is 0 Å². The Hall–Kier alpha value is 0.208. The molecule has 0 unspecified atom stereocenters. The molecule has 0 aliphatic heterocycles. The number of hydrogen-bond donors (Lipinski definition) is 0. The predicted octanol–water partition coefficient (Wildman–Crippen LogP) is 2.32. The Labute approximate surface area is 119 Å². The van der Waals surface area contributed by atoms with E-state index in [-0.39, 0.29) is 40.4 Å². The van der Waals surface area contributed by atoms with Gasteiger partial charge in [-0.05, 0) is 10.6 Å². The van der Waals surface area contributed by atoms with Crippen LogP contribution >= 0.6 is 8.58 Å². The third kappa shape index (κ3) is 3.76. The molecule has 2 heteroatoms. The van der Waals surface area contributed by atoms with Gasteiger partial charge in [-0.1, -0.05) is 69.2 Å². The van der Waals surface area contributed by atoms with E-state index in [9.17, 15) is 0 Å². The van der Waals surface area contributed by atoms with Gasteiger partial charge in [-0.3, -0.25) is 0 Å². The molecule has 2 aromatic rings. The summed E-state index contributed by atoms with van der Waals surface area (Å²) in [6, 6.07) is 21.2. The van der Waals surface area contributed by atoms with Crippen molar-refractivity contribution in [1.29, 1.82) is 0 Å². The fraction of sp³-hybridized carbons (Fsp3) is 0. The second kappa shape index (κ2) is 6.65. The maximum Gasteiger partial charge on any atom is 0 e. The zero-order chi connectivity index (χ0) is 8.93. The predicted molar refractivity (Wildman–Crippen MR) is 60.5 cm³/mol. The summed E-state index contributed by atoms with van der Waals surface area (Å²) >= 11 is 0. The first-order valence-electron chi connectivity index (χ1n) is 4.32. The van der Waals surface area contributed by atoms with Gasteiger partial charge < -0.3 is 0 Å². The van der Waals surface area contributed by atoms with Crippen LogP contribution in [0.2, 0.25) is 0 Å².